The van der Waals surface area contributed by atoms with Crippen LogP contribution in [0.15, 0.2) is 24.3 Å². The van der Waals surface area contributed by atoms with E-state index in [0.29, 0.717) is 18.2 Å². The van der Waals surface area contributed by atoms with Gasteiger partial charge in [-0.05, 0) is 24.8 Å². The second kappa shape index (κ2) is 7.88. The van der Waals surface area contributed by atoms with Crippen LogP contribution in [0.2, 0.25) is 0 Å². The minimum absolute atomic E-state index is 0.0149. The van der Waals surface area contributed by atoms with Crippen LogP contribution in [0.3, 0.4) is 0 Å². The minimum Gasteiger partial charge on any atom is -0.491 e. The zero-order chi connectivity index (χ0) is 15.1. The Balaban J connectivity index is 1.86. The molecule has 2 rings (SSSR count). The highest BCUT2D eigenvalue weighted by Gasteiger charge is 2.20. The lowest BCUT2D eigenvalue weighted by molar-refractivity contribution is 0.173. The maximum absolute atomic E-state index is 12.1. The van der Waals surface area contributed by atoms with Gasteiger partial charge in [0.05, 0.1) is 6.61 Å². The molecule has 5 heteroatoms. The van der Waals surface area contributed by atoms with Crippen LogP contribution in [-0.4, -0.2) is 42.3 Å². The fourth-order valence-corrected chi connectivity index (χ4v) is 2.44. The Labute approximate surface area is 125 Å². The van der Waals surface area contributed by atoms with E-state index in [2.05, 4.69) is 12.2 Å². The lowest BCUT2D eigenvalue weighted by Crippen LogP contribution is -2.43. The van der Waals surface area contributed by atoms with Gasteiger partial charge in [-0.2, -0.15) is 0 Å². The minimum atomic E-state index is -0.0212. The zero-order valence-electron chi connectivity index (χ0n) is 12.5. The van der Waals surface area contributed by atoms with Gasteiger partial charge in [-0.15, -0.1) is 0 Å². The van der Waals surface area contributed by atoms with E-state index in [1.165, 1.54) is 0 Å². The van der Waals surface area contributed by atoms with Crippen LogP contribution in [0.4, 0.5) is 4.79 Å². The lowest BCUT2D eigenvalue weighted by Gasteiger charge is -2.30. The molecule has 2 N–H and O–H groups in total. The zero-order valence-corrected chi connectivity index (χ0v) is 12.5. The van der Waals surface area contributed by atoms with Gasteiger partial charge in [0.1, 0.15) is 12.4 Å². The number of hydrogen-bond acceptors (Lipinski definition) is 3. The van der Waals surface area contributed by atoms with Crippen molar-refractivity contribution in [1.82, 2.24) is 10.2 Å². The summed E-state index contributed by atoms with van der Waals surface area (Å²) in [5.74, 6) is 1.42. The summed E-state index contributed by atoms with van der Waals surface area (Å²) < 4.78 is 5.46. The molecule has 1 heterocycles. The van der Waals surface area contributed by atoms with Gasteiger partial charge in [0.25, 0.3) is 0 Å². The third-order valence-electron chi connectivity index (χ3n) is 3.82. The lowest BCUT2D eigenvalue weighted by atomic mass is 10.00. The average molecular weight is 292 g/mol. The largest absolute Gasteiger partial charge is 0.491 e. The number of aliphatic hydroxyl groups excluding tert-OH is 1. The van der Waals surface area contributed by atoms with Crippen molar-refractivity contribution in [2.75, 3.05) is 26.3 Å². The molecular weight excluding hydrogens is 268 g/mol. The molecule has 1 aliphatic heterocycles. The van der Waals surface area contributed by atoms with Crippen LogP contribution in [0.25, 0.3) is 0 Å². The first-order chi connectivity index (χ1) is 10.2. The fourth-order valence-electron chi connectivity index (χ4n) is 2.44. The van der Waals surface area contributed by atoms with Crippen molar-refractivity contribution in [2.24, 2.45) is 5.92 Å². The van der Waals surface area contributed by atoms with E-state index < -0.39 is 0 Å². The number of para-hydroxylation sites is 1. The Morgan fingerprint density at radius 1 is 1.38 bits per heavy atom. The highest BCUT2D eigenvalue weighted by Crippen LogP contribution is 2.18. The number of rotatable bonds is 5. The quantitative estimate of drug-likeness (QED) is 0.872. The summed E-state index contributed by atoms with van der Waals surface area (Å²) in [6, 6.07) is 7.55. The number of likely N-dealkylation sites (tertiary alicyclic amines) is 1. The van der Waals surface area contributed by atoms with Crippen LogP contribution < -0.4 is 10.1 Å². The Morgan fingerprint density at radius 3 is 2.81 bits per heavy atom. The molecule has 1 fully saturated rings. The number of carbonyl (C=O) groups excluding carboxylic acids is 1. The SMILES string of the molecule is CC1CCN(C(=O)NCc2ccccc2OCCO)CC1. The number of nitrogens with zero attached hydrogens (tertiary/aromatic N) is 1. The molecule has 0 unspecified atom stereocenters. The smallest absolute Gasteiger partial charge is 0.317 e. The fraction of sp³-hybridized carbons (Fsp3) is 0.562. The highest BCUT2D eigenvalue weighted by molar-refractivity contribution is 5.74. The second-order valence-corrected chi connectivity index (χ2v) is 5.51. The van der Waals surface area contributed by atoms with Crippen molar-refractivity contribution in [3.63, 3.8) is 0 Å². The topological polar surface area (TPSA) is 61.8 Å². The van der Waals surface area contributed by atoms with Crippen LogP contribution in [0.1, 0.15) is 25.3 Å². The van der Waals surface area contributed by atoms with E-state index >= 15 is 0 Å². The summed E-state index contributed by atoms with van der Waals surface area (Å²) in [6.07, 6.45) is 2.15. The van der Waals surface area contributed by atoms with Crippen molar-refractivity contribution in [3.8, 4) is 5.75 Å². The van der Waals surface area contributed by atoms with Crippen molar-refractivity contribution in [2.45, 2.75) is 26.3 Å². The van der Waals surface area contributed by atoms with E-state index in [0.717, 1.165) is 31.5 Å². The number of piperidine rings is 1. The van der Waals surface area contributed by atoms with Crippen LogP contribution in [0, 0.1) is 5.92 Å². The summed E-state index contributed by atoms with van der Waals surface area (Å²) in [7, 11) is 0. The van der Waals surface area contributed by atoms with Crippen molar-refractivity contribution in [3.05, 3.63) is 29.8 Å². The molecule has 2 amide bonds. The van der Waals surface area contributed by atoms with Crippen molar-refractivity contribution < 1.29 is 14.6 Å². The van der Waals surface area contributed by atoms with Crippen LogP contribution in [0.5, 0.6) is 5.75 Å². The number of urea groups is 1. The molecule has 116 valence electrons. The van der Waals surface area contributed by atoms with Crippen molar-refractivity contribution in [1.29, 1.82) is 0 Å². The second-order valence-electron chi connectivity index (χ2n) is 5.51. The number of amides is 2. The maximum atomic E-state index is 12.1. The number of benzene rings is 1. The number of ether oxygens (including phenoxy) is 1. The van der Waals surface area contributed by atoms with Gasteiger partial charge in [-0.3, -0.25) is 0 Å². The summed E-state index contributed by atoms with van der Waals surface area (Å²) in [5.41, 5.74) is 0.921. The van der Waals surface area contributed by atoms with E-state index in [1.54, 1.807) is 0 Å². The molecule has 0 aromatic heterocycles. The summed E-state index contributed by atoms with van der Waals surface area (Å²) in [5, 5.41) is 11.8. The predicted octanol–water partition coefficient (Wildman–Crippen LogP) is 2.00. The Hall–Kier alpha value is -1.75. The first kappa shape index (κ1) is 15.6. The van der Waals surface area contributed by atoms with Gasteiger partial charge >= 0.3 is 6.03 Å². The summed E-state index contributed by atoms with van der Waals surface area (Å²) in [6.45, 7) is 4.56. The van der Waals surface area contributed by atoms with Crippen LogP contribution >= 0.6 is 0 Å². The van der Waals surface area contributed by atoms with Gasteiger partial charge in [0.15, 0.2) is 0 Å². The average Bonchev–Trinajstić information content (AvgIpc) is 2.52. The molecule has 1 aromatic carbocycles. The van der Waals surface area contributed by atoms with Crippen LogP contribution in [-0.2, 0) is 6.54 Å². The van der Waals surface area contributed by atoms with E-state index in [1.807, 2.05) is 29.2 Å². The molecule has 1 aromatic rings. The first-order valence-corrected chi connectivity index (χ1v) is 7.55. The van der Waals surface area contributed by atoms with E-state index in [-0.39, 0.29) is 19.2 Å². The molecule has 1 aliphatic rings. The number of aliphatic hydroxyl groups is 1. The maximum Gasteiger partial charge on any atom is 0.317 e. The molecule has 21 heavy (non-hydrogen) atoms. The third kappa shape index (κ3) is 4.63. The van der Waals surface area contributed by atoms with E-state index in [9.17, 15) is 4.79 Å². The number of nitrogens with one attached hydrogen (secondary N) is 1. The molecule has 5 nitrogen and oxygen atoms in total. The standard InChI is InChI=1S/C16H24N2O3/c1-13-6-8-18(9-7-13)16(20)17-12-14-4-2-3-5-15(14)21-11-10-19/h2-5,13,19H,6-12H2,1H3,(H,17,20). The van der Waals surface area contributed by atoms with Gasteiger partial charge in [-0.25, -0.2) is 4.79 Å². The highest BCUT2D eigenvalue weighted by atomic mass is 16.5. The molecule has 0 spiro atoms. The molecule has 0 aliphatic carbocycles. The molecule has 0 atom stereocenters. The summed E-state index contributed by atoms with van der Waals surface area (Å²) >= 11 is 0. The van der Waals surface area contributed by atoms with Crippen molar-refractivity contribution >= 4 is 6.03 Å². The number of carbonyl (C=O) groups is 1. The first-order valence-electron chi connectivity index (χ1n) is 7.55. The predicted molar refractivity (Wildman–Crippen MR) is 81.2 cm³/mol. The number of hydrogen-bond donors (Lipinski definition) is 2. The van der Waals surface area contributed by atoms with E-state index in [4.69, 9.17) is 9.84 Å². The molecule has 0 radical (unpaired) electrons. The Kier molecular flexibility index (Phi) is 5.87. The van der Waals surface area contributed by atoms with Gasteiger partial charge < -0.3 is 20.1 Å². The molecule has 1 saturated heterocycles. The third-order valence-corrected chi connectivity index (χ3v) is 3.82. The van der Waals surface area contributed by atoms with Gasteiger partial charge in [0, 0.05) is 25.2 Å². The van der Waals surface area contributed by atoms with Gasteiger partial charge in [-0.1, -0.05) is 25.1 Å². The summed E-state index contributed by atoms with van der Waals surface area (Å²) in [4.78, 5) is 14.0. The van der Waals surface area contributed by atoms with Gasteiger partial charge in [0.2, 0.25) is 0 Å². The monoisotopic (exact) mass is 292 g/mol. The molecule has 0 bridgehead atoms. The Morgan fingerprint density at radius 2 is 2.10 bits per heavy atom. The normalized spacial score (nSPS) is 15.8. The molecular formula is C16H24N2O3. The molecule has 0 saturated carbocycles. The Bertz CT molecular complexity index is 457.